The molecule has 1 aliphatic heterocycles. The van der Waals surface area contributed by atoms with E-state index in [2.05, 4.69) is 74.5 Å². The molecular weight excluding hydrogens is 321 g/mol. The maximum absolute atomic E-state index is 2.42. The van der Waals surface area contributed by atoms with Crippen LogP contribution in [0.25, 0.3) is 0 Å². The summed E-state index contributed by atoms with van der Waals surface area (Å²) in [6, 6.07) is 17.5. The fraction of sp³-hybridized carbons (Fsp3) is 0.200. The lowest BCUT2D eigenvalue weighted by Gasteiger charge is -2.24. The molecule has 17 heavy (non-hydrogen) atoms. The van der Waals surface area contributed by atoms with Gasteiger partial charge in [0, 0.05) is 5.69 Å². The van der Waals surface area contributed by atoms with Crippen molar-refractivity contribution in [1.29, 1.82) is 0 Å². The number of aryl methyl sites for hydroxylation is 2. The Morgan fingerprint density at radius 1 is 0.765 bits per heavy atom. The van der Waals surface area contributed by atoms with Gasteiger partial charge in [-0.05, 0) is 35.6 Å². The van der Waals surface area contributed by atoms with E-state index in [1.54, 1.807) is 0 Å². The number of anilines is 1. The minimum atomic E-state index is 0.994. The van der Waals surface area contributed by atoms with Gasteiger partial charge in [0.25, 0.3) is 0 Å². The number of fused-ring (bicyclic) bond motifs is 2. The monoisotopic (exact) mass is 335 g/mol. The largest absolute Gasteiger partial charge is 0.310 e. The molecule has 0 atom stereocenters. The molecule has 86 valence electrons. The van der Waals surface area contributed by atoms with Crippen LogP contribution < -0.4 is 3.11 Å². The van der Waals surface area contributed by atoms with Crippen LogP contribution in [0.3, 0.4) is 0 Å². The normalized spacial score (nSPS) is 14.5. The summed E-state index contributed by atoms with van der Waals surface area (Å²) in [7, 11) is 0. The van der Waals surface area contributed by atoms with Gasteiger partial charge >= 0.3 is 0 Å². The zero-order valence-corrected chi connectivity index (χ0v) is 11.7. The lowest BCUT2D eigenvalue weighted by Crippen LogP contribution is -2.15. The molecule has 2 aromatic carbocycles. The van der Waals surface area contributed by atoms with Crippen LogP contribution in [0, 0.1) is 0 Å². The Morgan fingerprint density at radius 2 is 1.35 bits per heavy atom. The first kappa shape index (κ1) is 11.1. The Labute approximate surface area is 116 Å². The van der Waals surface area contributed by atoms with Crippen molar-refractivity contribution in [1.82, 2.24) is 0 Å². The number of para-hydroxylation sites is 1. The summed E-state index contributed by atoms with van der Waals surface area (Å²) >= 11 is 2.42. The summed E-state index contributed by atoms with van der Waals surface area (Å²) in [6.07, 6.45) is 2.28. The summed E-state index contributed by atoms with van der Waals surface area (Å²) in [4.78, 5) is 0. The molecule has 2 aromatic rings. The van der Waals surface area contributed by atoms with E-state index >= 15 is 0 Å². The van der Waals surface area contributed by atoms with E-state index in [4.69, 9.17) is 0 Å². The SMILES string of the molecule is IN1Cc2ccccc2CCc2ccccc21. The van der Waals surface area contributed by atoms with Gasteiger partial charge in [-0.25, -0.2) is 0 Å². The third kappa shape index (κ3) is 2.18. The number of benzene rings is 2. The zero-order chi connectivity index (χ0) is 11.7. The summed E-state index contributed by atoms with van der Waals surface area (Å²) in [5, 5.41) is 0. The Kier molecular flexibility index (Phi) is 3.05. The Hall–Kier alpha value is -1.03. The van der Waals surface area contributed by atoms with Crippen molar-refractivity contribution in [3.63, 3.8) is 0 Å². The zero-order valence-electron chi connectivity index (χ0n) is 9.57. The Morgan fingerprint density at radius 3 is 2.18 bits per heavy atom. The molecule has 1 aliphatic rings. The molecule has 3 rings (SSSR count). The fourth-order valence-corrected chi connectivity index (χ4v) is 3.26. The van der Waals surface area contributed by atoms with Gasteiger partial charge in [0.1, 0.15) is 0 Å². The molecule has 0 radical (unpaired) electrons. The van der Waals surface area contributed by atoms with Crippen molar-refractivity contribution < 1.29 is 0 Å². The topological polar surface area (TPSA) is 3.24 Å². The maximum Gasteiger partial charge on any atom is 0.0594 e. The van der Waals surface area contributed by atoms with Crippen LogP contribution >= 0.6 is 22.9 Å². The number of hydrogen-bond donors (Lipinski definition) is 0. The van der Waals surface area contributed by atoms with Crippen molar-refractivity contribution in [2.24, 2.45) is 0 Å². The first-order valence-electron chi connectivity index (χ1n) is 5.92. The molecule has 0 N–H and O–H groups in total. The Balaban J connectivity index is 2.03. The van der Waals surface area contributed by atoms with Gasteiger partial charge in [0.2, 0.25) is 0 Å². The lowest BCUT2D eigenvalue weighted by atomic mass is 9.97. The van der Waals surface area contributed by atoms with Crippen molar-refractivity contribution in [3.8, 4) is 0 Å². The average Bonchev–Trinajstić information content (AvgIpc) is 2.36. The van der Waals surface area contributed by atoms with Crippen LogP contribution in [0.5, 0.6) is 0 Å². The molecule has 0 bridgehead atoms. The summed E-state index contributed by atoms with van der Waals surface area (Å²) < 4.78 is 2.32. The van der Waals surface area contributed by atoms with Gasteiger partial charge in [0.15, 0.2) is 0 Å². The second-order valence-electron chi connectivity index (χ2n) is 4.42. The molecule has 0 spiro atoms. The minimum Gasteiger partial charge on any atom is -0.310 e. The van der Waals surface area contributed by atoms with E-state index in [-0.39, 0.29) is 0 Å². The smallest absolute Gasteiger partial charge is 0.0594 e. The number of hydrogen-bond acceptors (Lipinski definition) is 1. The van der Waals surface area contributed by atoms with Crippen LogP contribution in [0.1, 0.15) is 16.7 Å². The molecule has 1 nitrogen and oxygen atoms in total. The predicted molar refractivity (Wildman–Crippen MR) is 80.5 cm³/mol. The lowest BCUT2D eigenvalue weighted by molar-refractivity contribution is 0.896. The summed E-state index contributed by atoms with van der Waals surface area (Å²) in [5.41, 5.74) is 5.76. The highest BCUT2D eigenvalue weighted by atomic mass is 127. The number of rotatable bonds is 0. The molecule has 2 heteroatoms. The average molecular weight is 335 g/mol. The van der Waals surface area contributed by atoms with Crippen molar-refractivity contribution in [2.45, 2.75) is 19.4 Å². The molecule has 0 aliphatic carbocycles. The van der Waals surface area contributed by atoms with Gasteiger partial charge in [-0.1, -0.05) is 42.5 Å². The van der Waals surface area contributed by atoms with Crippen LogP contribution in [0.2, 0.25) is 0 Å². The summed E-state index contributed by atoms with van der Waals surface area (Å²) in [5.74, 6) is 0. The predicted octanol–water partition coefficient (Wildman–Crippen LogP) is 4.14. The maximum atomic E-state index is 2.42. The van der Waals surface area contributed by atoms with Gasteiger partial charge < -0.3 is 3.11 Å². The highest BCUT2D eigenvalue weighted by Gasteiger charge is 2.14. The van der Waals surface area contributed by atoms with E-state index in [0.29, 0.717) is 0 Å². The molecule has 1 heterocycles. The van der Waals surface area contributed by atoms with Crippen LogP contribution in [0.4, 0.5) is 5.69 Å². The molecule has 0 unspecified atom stereocenters. The van der Waals surface area contributed by atoms with Gasteiger partial charge in [0.05, 0.1) is 29.4 Å². The third-order valence-electron chi connectivity index (χ3n) is 3.34. The highest BCUT2D eigenvalue weighted by molar-refractivity contribution is 14.1. The van der Waals surface area contributed by atoms with Crippen LogP contribution in [-0.4, -0.2) is 0 Å². The third-order valence-corrected chi connectivity index (χ3v) is 4.21. The Bertz CT molecular complexity index is 536. The first-order chi connectivity index (χ1) is 8.34. The van der Waals surface area contributed by atoms with Crippen molar-refractivity contribution in [3.05, 3.63) is 65.2 Å². The summed E-state index contributed by atoms with van der Waals surface area (Å²) in [6.45, 7) is 0.994. The number of nitrogens with zero attached hydrogens (tertiary/aromatic N) is 1. The van der Waals surface area contributed by atoms with Crippen molar-refractivity contribution >= 4 is 28.6 Å². The molecular formula is C15H14IN. The van der Waals surface area contributed by atoms with E-state index in [1.165, 1.54) is 22.4 Å². The van der Waals surface area contributed by atoms with E-state index in [9.17, 15) is 0 Å². The van der Waals surface area contributed by atoms with Crippen molar-refractivity contribution in [2.75, 3.05) is 3.11 Å². The second kappa shape index (κ2) is 4.69. The van der Waals surface area contributed by atoms with Crippen LogP contribution in [0.15, 0.2) is 48.5 Å². The molecule has 0 amide bonds. The molecule has 0 fully saturated rings. The van der Waals surface area contributed by atoms with E-state index in [0.717, 1.165) is 19.4 Å². The first-order valence-corrected chi connectivity index (χ1v) is 6.89. The van der Waals surface area contributed by atoms with Gasteiger partial charge in [-0.2, -0.15) is 0 Å². The van der Waals surface area contributed by atoms with E-state index < -0.39 is 0 Å². The van der Waals surface area contributed by atoms with Gasteiger partial charge in [-0.15, -0.1) is 0 Å². The van der Waals surface area contributed by atoms with Gasteiger partial charge in [-0.3, -0.25) is 0 Å². The molecule has 0 saturated carbocycles. The number of halogens is 1. The fourth-order valence-electron chi connectivity index (χ4n) is 2.42. The highest BCUT2D eigenvalue weighted by Crippen LogP contribution is 2.30. The standard InChI is InChI=1S/C15H14IN/c16-17-11-14-7-2-1-5-12(14)9-10-13-6-3-4-8-15(13)17/h1-8H,9-11H2. The second-order valence-corrected chi connectivity index (χ2v) is 5.58. The molecule has 0 saturated heterocycles. The molecule has 0 aromatic heterocycles. The minimum absolute atomic E-state index is 0.994. The van der Waals surface area contributed by atoms with Crippen LogP contribution in [-0.2, 0) is 19.4 Å². The quantitative estimate of drug-likeness (QED) is 0.517. The van der Waals surface area contributed by atoms with E-state index in [1.807, 2.05) is 0 Å².